The largest absolute Gasteiger partial charge is 0.361 e. The minimum Gasteiger partial charge on any atom is -0.361 e. The molecule has 0 saturated carbocycles. The SMILES string of the molecule is C/C=c1/c(CC#N)c[nH]/c1=C/C.CC. The van der Waals surface area contributed by atoms with E-state index in [1.54, 1.807) is 0 Å². The summed E-state index contributed by atoms with van der Waals surface area (Å²) >= 11 is 0. The summed E-state index contributed by atoms with van der Waals surface area (Å²) in [4.78, 5) is 3.12. The quantitative estimate of drug-likeness (QED) is 0.719. The average molecular weight is 190 g/mol. The molecule has 76 valence electrons. The van der Waals surface area contributed by atoms with Crippen LogP contribution >= 0.6 is 0 Å². The van der Waals surface area contributed by atoms with Gasteiger partial charge in [-0.2, -0.15) is 5.26 Å². The highest BCUT2D eigenvalue weighted by atomic mass is 14.7. The molecule has 0 fully saturated rings. The maximum atomic E-state index is 8.53. The molecule has 1 aromatic heterocycles. The second kappa shape index (κ2) is 6.97. The van der Waals surface area contributed by atoms with Crippen molar-refractivity contribution in [3.05, 3.63) is 22.3 Å². The fourth-order valence-electron chi connectivity index (χ4n) is 1.30. The van der Waals surface area contributed by atoms with Gasteiger partial charge in [-0.15, -0.1) is 0 Å². The number of hydrogen-bond acceptors (Lipinski definition) is 1. The maximum absolute atomic E-state index is 8.53. The van der Waals surface area contributed by atoms with E-state index in [0.29, 0.717) is 6.42 Å². The van der Waals surface area contributed by atoms with Crippen molar-refractivity contribution in [2.45, 2.75) is 34.1 Å². The van der Waals surface area contributed by atoms with E-state index in [1.165, 1.54) is 0 Å². The lowest BCUT2D eigenvalue weighted by atomic mass is 10.2. The van der Waals surface area contributed by atoms with Crippen molar-refractivity contribution in [3.63, 3.8) is 0 Å². The molecule has 0 unspecified atom stereocenters. The molecule has 0 aromatic carbocycles. The zero-order valence-electron chi connectivity index (χ0n) is 9.39. The highest BCUT2D eigenvalue weighted by Crippen LogP contribution is 1.86. The fraction of sp³-hybridized carbons (Fsp3) is 0.417. The van der Waals surface area contributed by atoms with Crippen molar-refractivity contribution < 1.29 is 0 Å². The summed E-state index contributed by atoms with van der Waals surface area (Å²) in [5, 5.41) is 10.8. The van der Waals surface area contributed by atoms with Crippen LogP contribution in [0, 0.1) is 11.3 Å². The molecule has 0 atom stereocenters. The van der Waals surface area contributed by atoms with Gasteiger partial charge in [0.05, 0.1) is 12.5 Å². The first-order chi connectivity index (χ1) is 6.83. The number of aromatic amines is 1. The van der Waals surface area contributed by atoms with E-state index in [9.17, 15) is 0 Å². The van der Waals surface area contributed by atoms with Gasteiger partial charge in [0.15, 0.2) is 0 Å². The second-order valence-corrected chi connectivity index (χ2v) is 2.55. The summed E-state index contributed by atoms with van der Waals surface area (Å²) in [6.07, 6.45) is 6.41. The Balaban J connectivity index is 0.000000791. The summed E-state index contributed by atoms with van der Waals surface area (Å²) in [6.45, 7) is 7.96. The van der Waals surface area contributed by atoms with Gasteiger partial charge in [-0.25, -0.2) is 0 Å². The van der Waals surface area contributed by atoms with Crippen LogP contribution < -0.4 is 10.6 Å². The molecule has 1 N–H and O–H groups in total. The predicted molar refractivity (Wildman–Crippen MR) is 61.0 cm³/mol. The maximum Gasteiger partial charge on any atom is 0.0670 e. The Morgan fingerprint density at radius 1 is 1.36 bits per heavy atom. The Kier molecular flexibility index (Phi) is 6.22. The number of aromatic nitrogens is 1. The lowest BCUT2D eigenvalue weighted by Gasteiger charge is -1.83. The number of rotatable bonds is 1. The van der Waals surface area contributed by atoms with Crippen molar-refractivity contribution in [1.29, 1.82) is 5.26 Å². The Labute approximate surface area is 85.6 Å². The van der Waals surface area contributed by atoms with Crippen molar-refractivity contribution in [3.8, 4) is 6.07 Å². The van der Waals surface area contributed by atoms with Gasteiger partial charge in [0, 0.05) is 11.5 Å². The molecule has 1 heterocycles. The van der Waals surface area contributed by atoms with Crippen molar-refractivity contribution in [2.24, 2.45) is 0 Å². The third-order valence-electron chi connectivity index (χ3n) is 1.88. The van der Waals surface area contributed by atoms with Crippen LogP contribution in [-0.4, -0.2) is 4.98 Å². The molecule has 0 aliphatic heterocycles. The molecular formula is C12H18N2. The van der Waals surface area contributed by atoms with Crippen molar-refractivity contribution in [2.75, 3.05) is 0 Å². The minimum atomic E-state index is 0.476. The normalized spacial score (nSPS) is 11.9. The Morgan fingerprint density at radius 3 is 2.43 bits per heavy atom. The molecule has 0 spiro atoms. The monoisotopic (exact) mass is 190 g/mol. The molecule has 14 heavy (non-hydrogen) atoms. The molecule has 0 aliphatic rings. The first kappa shape index (κ1) is 12.5. The van der Waals surface area contributed by atoms with Crippen LogP contribution in [-0.2, 0) is 6.42 Å². The number of nitrogens with zero attached hydrogens (tertiary/aromatic N) is 1. The third kappa shape index (κ3) is 2.77. The van der Waals surface area contributed by atoms with Crippen LogP contribution in [0.5, 0.6) is 0 Å². The van der Waals surface area contributed by atoms with Crippen LogP contribution in [0.2, 0.25) is 0 Å². The van der Waals surface area contributed by atoms with Crippen molar-refractivity contribution >= 4 is 12.2 Å². The zero-order chi connectivity index (χ0) is 11.0. The molecule has 0 bridgehead atoms. The van der Waals surface area contributed by atoms with Crippen LogP contribution in [0.3, 0.4) is 0 Å². The fourth-order valence-corrected chi connectivity index (χ4v) is 1.30. The van der Waals surface area contributed by atoms with Gasteiger partial charge < -0.3 is 4.98 Å². The summed E-state index contributed by atoms with van der Waals surface area (Å²) < 4.78 is 0. The molecule has 0 radical (unpaired) electrons. The van der Waals surface area contributed by atoms with Crippen LogP contribution in [0.25, 0.3) is 12.2 Å². The minimum absolute atomic E-state index is 0.476. The van der Waals surface area contributed by atoms with Crippen LogP contribution in [0.1, 0.15) is 33.3 Å². The summed E-state index contributed by atoms with van der Waals surface area (Å²) in [5.41, 5.74) is 1.08. The first-order valence-electron chi connectivity index (χ1n) is 4.99. The Morgan fingerprint density at radius 2 is 2.00 bits per heavy atom. The lowest BCUT2D eigenvalue weighted by molar-refractivity contribution is 1.25. The molecule has 0 amide bonds. The Bertz CT molecular complexity index is 405. The van der Waals surface area contributed by atoms with E-state index in [0.717, 1.165) is 16.1 Å². The number of nitrogens with one attached hydrogen (secondary N) is 1. The van der Waals surface area contributed by atoms with Gasteiger partial charge in [-0.3, -0.25) is 0 Å². The second-order valence-electron chi connectivity index (χ2n) is 2.55. The topological polar surface area (TPSA) is 39.6 Å². The van der Waals surface area contributed by atoms with Gasteiger partial charge in [0.2, 0.25) is 0 Å². The van der Waals surface area contributed by atoms with Gasteiger partial charge in [0.25, 0.3) is 0 Å². The van der Waals surface area contributed by atoms with Crippen LogP contribution in [0.4, 0.5) is 0 Å². The smallest absolute Gasteiger partial charge is 0.0670 e. The van der Waals surface area contributed by atoms with Gasteiger partial charge in [-0.1, -0.05) is 26.0 Å². The Hall–Kier alpha value is -1.49. The third-order valence-corrected chi connectivity index (χ3v) is 1.88. The number of hydrogen-bond donors (Lipinski definition) is 1. The summed E-state index contributed by atoms with van der Waals surface area (Å²) in [6, 6.07) is 2.14. The van der Waals surface area contributed by atoms with E-state index in [4.69, 9.17) is 5.26 Å². The predicted octanol–water partition coefficient (Wildman–Crippen LogP) is 1.71. The molecule has 1 rings (SSSR count). The van der Waals surface area contributed by atoms with E-state index >= 15 is 0 Å². The first-order valence-corrected chi connectivity index (χ1v) is 4.99. The van der Waals surface area contributed by atoms with Crippen LogP contribution in [0.15, 0.2) is 6.20 Å². The number of H-pyrrole nitrogens is 1. The van der Waals surface area contributed by atoms with Gasteiger partial charge in [-0.05, 0) is 24.6 Å². The summed E-state index contributed by atoms with van der Waals surface area (Å²) in [7, 11) is 0. The highest BCUT2D eigenvalue weighted by Gasteiger charge is 1.95. The molecule has 0 saturated heterocycles. The molecular weight excluding hydrogens is 172 g/mol. The zero-order valence-corrected chi connectivity index (χ0v) is 9.39. The highest BCUT2D eigenvalue weighted by molar-refractivity contribution is 5.32. The molecule has 2 heteroatoms. The number of nitriles is 1. The standard InChI is InChI=1S/C10H12N2.C2H6/c1-3-9-8(5-6-11)7-12-10(9)4-2;1-2/h3-4,7,12H,5H2,1-2H3;1-2H3/b9-3-,10-4+;. The molecule has 2 nitrogen and oxygen atoms in total. The van der Waals surface area contributed by atoms with E-state index in [-0.39, 0.29) is 0 Å². The van der Waals surface area contributed by atoms with Gasteiger partial charge >= 0.3 is 0 Å². The lowest BCUT2D eigenvalue weighted by Crippen LogP contribution is -2.24. The molecule has 1 aromatic rings. The van der Waals surface area contributed by atoms with E-state index in [2.05, 4.69) is 11.1 Å². The van der Waals surface area contributed by atoms with E-state index in [1.807, 2.05) is 46.0 Å². The summed E-state index contributed by atoms with van der Waals surface area (Å²) in [5.74, 6) is 0. The van der Waals surface area contributed by atoms with Crippen molar-refractivity contribution in [1.82, 2.24) is 4.98 Å². The van der Waals surface area contributed by atoms with Gasteiger partial charge in [0.1, 0.15) is 0 Å². The van der Waals surface area contributed by atoms with E-state index < -0.39 is 0 Å². The average Bonchev–Trinajstić information content (AvgIpc) is 2.63. The molecule has 0 aliphatic carbocycles.